The predicted octanol–water partition coefficient (Wildman–Crippen LogP) is 2.11. The van der Waals surface area contributed by atoms with Gasteiger partial charge in [0.15, 0.2) is 0 Å². The van der Waals surface area contributed by atoms with Crippen molar-refractivity contribution in [3.63, 3.8) is 0 Å². The lowest BCUT2D eigenvalue weighted by Gasteiger charge is -2.28. The number of non-ortho nitro benzene ring substituents is 1. The number of nitrogens with zero attached hydrogens (tertiary/aromatic N) is 2. The van der Waals surface area contributed by atoms with E-state index in [0.717, 1.165) is 11.3 Å². The van der Waals surface area contributed by atoms with Crippen LogP contribution in [0.1, 0.15) is 19.4 Å². The monoisotopic (exact) mass is 238 g/mol. The minimum absolute atomic E-state index is 0.0860. The van der Waals surface area contributed by atoms with E-state index >= 15 is 0 Å². The second-order valence-corrected chi connectivity index (χ2v) is 4.90. The number of benzene rings is 1. The molecule has 0 atom stereocenters. The summed E-state index contributed by atoms with van der Waals surface area (Å²) in [6.07, 6.45) is 0. The summed E-state index contributed by atoms with van der Waals surface area (Å²) < 4.78 is 0. The van der Waals surface area contributed by atoms with Crippen LogP contribution in [-0.2, 0) is 0 Å². The van der Waals surface area contributed by atoms with Gasteiger partial charge in [-0.3, -0.25) is 10.1 Å². The number of aryl methyl sites for hydroxylation is 1. The zero-order valence-electron chi connectivity index (χ0n) is 10.6. The second-order valence-electron chi connectivity index (χ2n) is 4.90. The van der Waals surface area contributed by atoms with E-state index in [2.05, 4.69) is 0 Å². The lowest BCUT2D eigenvalue weighted by molar-refractivity contribution is -0.384. The molecule has 1 rings (SSSR count). The van der Waals surface area contributed by atoms with E-state index in [1.807, 2.05) is 18.9 Å². The predicted molar refractivity (Wildman–Crippen MR) is 67.4 cm³/mol. The van der Waals surface area contributed by atoms with Gasteiger partial charge in [-0.1, -0.05) is 0 Å². The Morgan fingerprint density at radius 2 is 2.06 bits per heavy atom. The molecular formula is C12H18N2O3. The van der Waals surface area contributed by atoms with E-state index in [4.69, 9.17) is 0 Å². The van der Waals surface area contributed by atoms with Crippen LogP contribution in [0.15, 0.2) is 18.2 Å². The molecule has 0 saturated heterocycles. The number of hydrogen-bond donors (Lipinski definition) is 1. The summed E-state index contributed by atoms with van der Waals surface area (Å²) in [4.78, 5) is 12.1. The third-order valence-electron chi connectivity index (χ3n) is 2.43. The van der Waals surface area contributed by atoms with Gasteiger partial charge in [0.2, 0.25) is 0 Å². The van der Waals surface area contributed by atoms with E-state index in [1.165, 1.54) is 12.1 Å². The van der Waals surface area contributed by atoms with Crippen LogP contribution in [0.2, 0.25) is 0 Å². The second kappa shape index (κ2) is 4.71. The largest absolute Gasteiger partial charge is 0.389 e. The van der Waals surface area contributed by atoms with Crippen molar-refractivity contribution in [3.8, 4) is 0 Å². The van der Waals surface area contributed by atoms with Gasteiger partial charge in [0.25, 0.3) is 5.69 Å². The Kier molecular flexibility index (Phi) is 3.72. The Labute approximate surface area is 101 Å². The summed E-state index contributed by atoms with van der Waals surface area (Å²) in [5.74, 6) is 0. The molecule has 0 heterocycles. The van der Waals surface area contributed by atoms with Crippen LogP contribution in [0, 0.1) is 17.0 Å². The van der Waals surface area contributed by atoms with Crippen molar-refractivity contribution in [1.29, 1.82) is 0 Å². The smallest absolute Gasteiger partial charge is 0.269 e. The molecule has 0 unspecified atom stereocenters. The molecule has 1 aromatic carbocycles. The van der Waals surface area contributed by atoms with Crippen molar-refractivity contribution < 1.29 is 10.0 Å². The third-order valence-corrected chi connectivity index (χ3v) is 2.43. The quantitative estimate of drug-likeness (QED) is 0.644. The molecule has 0 amide bonds. The Morgan fingerprint density at radius 3 is 2.47 bits per heavy atom. The first-order chi connectivity index (χ1) is 7.70. The molecule has 0 radical (unpaired) electrons. The van der Waals surface area contributed by atoms with Crippen molar-refractivity contribution in [1.82, 2.24) is 0 Å². The fraction of sp³-hybridized carbons (Fsp3) is 0.500. The SMILES string of the molecule is Cc1cc([N+](=O)[O-])ccc1N(C)CC(C)(C)O. The highest BCUT2D eigenvalue weighted by Crippen LogP contribution is 2.24. The summed E-state index contributed by atoms with van der Waals surface area (Å²) in [5.41, 5.74) is 0.995. The maximum atomic E-state index is 10.6. The zero-order valence-corrected chi connectivity index (χ0v) is 10.6. The van der Waals surface area contributed by atoms with Crippen LogP contribution in [0.3, 0.4) is 0 Å². The number of likely N-dealkylation sites (N-methyl/N-ethyl adjacent to an activating group) is 1. The molecule has 0 bridgehead atoms. The summed E-state index contributed by atoms with van der Waals surface area (Å²) in [6.45, 7) is 5.74. The summed E-state index contributed by atoms with van der Waals surface area (Å²) in [6, 6.07) is 4.72. The normalized spacial score (nSPS) is 11.4. The lowest BCUT2D eigenvalue weighted by Crippen LogP contribution is -2.36. The molecule has 0 aromatic heterocycles. The Morgan fingerprint density at radius 1 is 1.47 bits per heavy atom. The van der Waals surface area contributed by atoms with Gasteiger partial charge < -0.3 is 10.0 Å². The summed E-state index contributed by atoms with van der Waals surface area (Å²) in [7, 11) is 1.85. The van der Waals surface area contributed by atoms with Gasteiger partial charge in [0.1, 0.15) is 0 Å². The maximum absolute atomic E-state index is 10.6. The number of nitro benzene ring substituents is 1. The number of aliphatic hydroxyl groups is 1. The Hall–Kier alpha value is -1.62. The van der Waals surface area contributed by atoms with Crippen LogP contribution in [0.5, 0.6) is 0 Å². The number of anilines is 1. The minimum Gasteiger partial charge on any atom is -0.389 e. The minimum atomic E-state index is -0.803. The average Bonchev–Trinajstić information content (AvgIpc) is 2.14. The van der Waals surface area contributed by atoms with Gasteiger partial charge in [-0.2, -0.15) is 0 Å². The topological polar surface area (TPSA) is 66.6 Å². The van der Waals surface area contributed by atoms with Gasteiger partial charge in [-0.15, -0.1) is 0 Å². The van der Waals surface area contributed by atoms with Gasteiger partial charge in [-0.05, 0) is 32.4 Å². The van der Waals surface area contributed by atoms with Crippen LogP contribution >= 0.6 is 0 Å². The molecule has 17 heavy (non-hydrogen) atoms. The molecular weight excluding hydrogens is 220 g/mol. The van der Waals surface area contributed by atoms with E-state index < -0.39 is 10.5 Å². The maximum Gasteiger partial charge on any atom is 0.269 e. The fourth-order valence-electron chi connectivity index (χ4n) is 1.85. The summed E-state index contributed by atoms with van der Waals surface area (Å²) >= 11 is 0. The molecule has 1 N–H and O–H groups in total. The van der Waals surface area contributed by atoms with Gasteiger partial charge in [-0.25, -0.2) is 0 Å². The molecule has 1 aromatic rings. The number of rotatable bonds is 4. The van der Waals surface area contributed by atoms with E-state index in [9.17, 15) is 15.2 Å². The van der Waals surface area contributed by atoms with Gasteiger partial charge >= 0.3 is 0 Å². The fourth-order valence-corrected chi connectivity index (χ4v) is 1.85. The Balaban J connectivity index is 2.96. The molecule has 0 saturated carbocycles. The highest BCUT2D eigenvalue weighted by Gasteiger charge is 2.18. The van der Waals surface area contributed by atoms with Crippen molar-refractivity contribution in [2.24, 2.45) is 0 Å². The summed E-state index contributed by atoms with van der Waals surface area (Å²) in [5, 5.41) is 20.3. The molecule has 0 aliphatic rings. The molecule has 94 valence electrons. The Bertz CT molecular complexity index is 424. The number of nitro groups is 1. The van der Waals surface area contributed by atoms with Crippen LogP contribution in [0.25, 0.3) is 0 Å². The standard InChI is InChI=1S/C12H18N2O3/c1-9-7-10(14(16)17)5-6-11(9)13(4)8-12(2,3)15/h5-7,15H,8H2,1-4H3. The van der Waals surface area contributed by atoms with E-state index in [0.29, 0.717) is 6.54 Å². The molecule has 0 aliphatic carbocycles. The molecule has 0 spiro atoms. The third kappa shape index (κ3) is 3.71. The van der Waals surface area contributed by atoms with Crippen molar-refractivity contribution in [3.05, 3.63) is 33.9 Å². The first-order valence-electron chi connectivity index (χ1n) is 5.39. The van der Waals surface area contributed by atoms with Crippen molar-refractivity contribution in [2.75, 3.05) is 18.5 Å². The lowest BCUT2D eigenvalue weighted by atomic mass is 10.1. The molecule has 0 fully saturated rings. The van der Waals surface area contributed by atoms with Crippen molar-refractivity contribution in [2.45, 2.75) is 26.4 Å². The highest BCUT2D eigenvalue weighted by molar-refractivity contribution is 5.57. The zero-order chi connectivity index (χ0) is 13.2. The van der Waals surface area contributed by atoms with Gasteiger partial charge in [0.05, 0.1) is 10.5 Å². The molecule has 0 aliphatic heterocycles. The molecule has 5 nitrogen and oxygen atoms in total. The van der Waals surface area contributed by atoms with Crippen molar-refractivity contribution >= 4 is 11.4 Å². The van der Waals surface area contributed by atoms with E-state index in [-0.39, 0.29) is 5.69 Å². The first-order valence-corrected chi connectivity index (χ1v) is 5.39. The average molecular weight is 238 g/mol. The van der Waals surface area contributed by atoms with Crippen LogP contribution < -0.4 is 4.90 Å². The molecule has 5 heteroatoms. The van der Waals surface area contributed by atoms with E-state index in [1.54, 1.807) is 19.9 Å². The van der Waals surface area contributed by atoms with Crippen LogP contribution in [0.4, 0.5) is 11.4 Å². The van der Waals surface area contributed by atoms with Gasteiger partial charge in [0, 0.05) is 31.4 Å². The first kappa shape index (κ1) is 13.4. The van der Waals surface area contributed by atoms with Crippen LogP contribution in [-0.4, -0.2) is 29.2 Å². The number of hydrogen-bond acceptors (Lipinski definition) is 4. The highest BCUT2D eigenvalue weighted by atomic mass is 16.6.